The lowest BCUT2D eigenvalue weighted by Gasteiger charge is -2.06. The topological polar surface area (TPSA) is 150 Å². The highest BCUT2D eigenvalue weighted by Crippen LogP contribution is 2.39. The highest BCUT2D eigenvalue weighted by molar-refractivity contribution is 7.89. The Labute approximate surface area is 198 Å². The molecule has 4 rings (SSSR count). The molecule has 0 fully saturated rings. The monoisotopic (exact) mass is 501 g/mol. The van der Waals surface area contributed by atoms with Gasteiger partial charge >= 0.3 is 5.97 Å². The number of rotatable bonds is 7. The quantitative estimate of drug-likeness (QED) is 0.321. The fourth-order valence-electron chi connectivity index (χ4n) is 2.99. The molecule has 0 aliphatic heterocycles. The predicted octanol–water partition coefficient (Wildman–Crippen LogP) is 4.08. The summed E-state index contributed by atoms with van der Waals surface area (Å²) in [7, 11) is -3.76. The zero-order chi connectivity index (χ0) is 23.6. The van der Waals surface area contributed by atoms with E-state index in [1.54, 1.807) is 31.2 Å². The number of aromatic nitrogens is 2. The Morgan fingerprint density at radius 3 is 2.55 bits per heavy atom. The molecule has 0 spiro atoms. The first kappa shape index (κ1) is 22.9. The van der Waals surface area contributed by atoms with Crippen molar-refractivity contribution >= 4 is 55.3 Å². The number of thiazole rings is 2. The second kappa shape index (κ2) is 9.27. The van der Waals surface area contributed by atoms with Crippen molar-refractivity contribution in [3.63, 3.8) is 0 Å². The second-order valence-electron chi connectivity index (χ2n) is 6.73. The minimum atomic E-state index is -3.76. The lowest BCUT2D eigenvalue weighted by molar-refractivity contribution is 0.0527. The van der Waals surface area contributed by atoms with Crippen LogP contribution in [0.4, 0.5) is 16.6 Å². The van der Waals surface area contributed by atoms with Crippen molar-refractivity contribution < 1.29 is 17.9 Å². The number of carbonyl (C=O) groups is 1. The van der Waals surface area contributed by atoms with Crippen LogP contribution in [-0.4, -0.2) is 31.0 Å². The lowest BCUT2D eigenvalue weighted by atomic mass is 10.1. The van der Waals surface area contributed by atoms with E-state index in [1.807, 2.05) is 17.5 Å². The van der Waals surface area contributed by atoms with Gasteiger partial charge in [0, 0.05) is 16.6 Å². The van der Waals surface area contributed by atoms with Crippen molar-refractivity contribution in [2.75, 3.05) is 17.7 Å². The number of nitrogen functional groups attached to an aromatic ring is 1. The number of nitrogens with two attached hydrogens (primary N) is 2. The molecule has 0 aliphatic rings. The largest absolute Gasteiger partial charge is 0.462 e. The van der Waals surface area contributed by atoms with Gasteiger partial charge < -0.3 is 15.8 Å². The molecule has 0 saturated carbocycles. The number of nitrogens with one attached hydrogen (secondary N) is 1. The van der Waals surface area contributed by atoms with Crippen molar-refractivity contribution in [1.29, 1.82) is 0 Å². The molecule has 0 unspecified atom stereocenters. The maximum absolute atomic E-state index is 12.3. The molecule has 12 heteroatoms. The average molecular weight is 502 g/mol. The number of anilines is 3. The van der Waals surface area contributed by atoms with E-state index in [0.29, 0.717) is 43.3 Å². The second-order valence-corrected chi connectivity index (χ2v) is 10.2. The van der Waals surface area contributed by atoms with Crippen LogP contribution in [-0.2, 0) is 14.8 Å². The molecule has 170 valence electrons. The third-order valence-corrected chi connectivity index (χ3v) is 7.40. The van der Waals surface area contributed by atoms with Crippen LogP contribution in [0, 0.1) is 0 Å². The highest BCUT2D eigenvalue weighted by Gasteiger charge is 2.19. The molecule has 2 aromatic carbocycles. The van der Waals surface area contributed by atoms with Crippen LogP contribution in [0.2, 0.25) is 0 Å². The van der Waals surface area contributed by atoms with Crippen molar-refractivity contribution in [2.24, 2.45) is 5.14 Å². The van der Waals surface area contributed by atoms with E-state index in [1.165, 1.54) is 34.8 Å². The van der Waals surface area contributed by atoms with E-state index in [9.17, 15) is 13.2 Å². The Hall–Kier alpha value is -3.32. The first-order valence-electron chi connectivity index (χ1n) is 9.65. The van der Waals surface area contributed by atoms with Gasteiger partial charge in [-0.2, -0.15) is 0 Å². The molecule has 2 aromatic heterocycles. The van der Waals surface area contributed by atoms with Crippen LogP contribution in [0.5, 0.6) is 0 Å². The minimum absolute atomic E-state index is 0.0193. The summed E-state index contributed by atoms with van der Waals surface area (Å²) in [5.74, 6) is -0.0943. The van der Waals surface area contributed by atoms with Gasteiger partial charge in [-0.1, -0.05) is 29.5 Å². The molecule has 33 heavy (non-hydrogen) atoms. The summed E-state index contributed by atoms with van der Waals surface area (Å²) >= 11 is 2.70. The first-order valence-corrected chi connectivity index (χ1v) is 12.9. The summed E-state index contributed by atoms with van der Waals surface area (Å²) in [6.07, 6.45) is 0. The molecule has 4 aromatic rings. The molecule has 0 aliphatic carbocycles. The van der Waals surface area contributed by atoms with Crippen LogP contribution in [0.1, 0.15) is 17.3 Å². The predicted molar refractivity (Wildman–Crippen MR) is 130 cm³/mol. The molecule has 5 N–H and O–H groups in total. The molecule has 9 nitrogen and oxygen atoms in total. The van der Waals surface area contributed by atoms with E-state index >= 15 is 0 Å². The van der Waals surface area contributed by atoms with Crippen molar-refractivity contribution in [1.82, 2.24) is 9.97 Å². The number of benzene rings is 2. The summed E-state index contributed by atoms with van der Waals surface area (Å²) in [4.78, 5) is 22.0. The number of esters is 1. The van der Waals surface area contributed by atoms with E-state index < -0.39 is 16.0 Å². The van der Waals surface area contributed by atoms with Crippen molar-refractivity contribution in [3.8, 4) is 21.1 Å². The van der Waals surface area contributed by atoms with Crippen LogP contribution in [0.25, 0.3) is 21.1 Å². The molecule has 0 saturated heterocycles. The number of hydrogen-bond acceptors (Lipinski definition) is 10. The molecular weight excluding hydrogens is 482 g/mol. The normalized spacial score (nSPS) is 11.3. The maximum Gasteiger partial charge on any atom is 0.338 e. The van der Waals surface area contributed by atoms with Crippen LogP contribution >= 0.6 is 22.7 Å². The van der Waals surface area contributed by atoms with Gasteiger partial charge in [0.15, 0.2) is 5.13 Å². The zero-order valence-electron chi connectivity index (χ0n) is 17.3. The summed E-state index contributed by atoms with van der Waals surface area (Å²) in [5, 5.41) is 11.3. The Morgan fingerprint density at radius 1 is 1.12 bits per heavy atom. The van der Waals surface area contributed by atoms with Crippen molar-refractivity contribution in [3.05, 3.63) is 59.5 Å². The van der Waals surface area contributed by atoms with Crippen LogP contribution < -0.4 is 16.2 Å². The van der Waals surface area contributed by atoms with Crippen LogP contribution in [0.3, 0.4) is 0 Å². The van der Waals surface area contributed by atoms with Gasteiger partial charge in [0.25, 0.3) is 0 Å². The summed E-state index contributed by atoms with van der Waals surface area (Å²) in [6, 6.07) is 13.1. The number of ether oxygens (including phenoxy) is 1. The summed E-state index contributed by atoms with van der Waals surface area (Å²) < 4.78 is 28.0. The molecule has 0 amide bonds. The van der Waals surface area contributed by atoms with Gasteiger partial charge in [0.1, 0.15) is 15.7 Å². The summed E-state index contributed by atoms with van der Waals surface area (Å²) in [6.45, 7) is 2.04. The number of carbonyl (C=O) groups excluding carboxylic acids is 1. The van der Waals surface area contributed by atoms with Gasteiger partial charge in [-0.25, -0.2) is 28.3 Å². The van der Waals surface area contributed by atoms with Gasteiger partial charge in [-0.15, -0.1) is 11.3 Å². The third-order valence-electron chi connectivity index (χ3n) is 4.48. The van der Waals surface area contributed by atoms with E-state index in [0.717, 1.165) is 0 Å². The fourth-order valence-corrected chi connectivity index (χ4v) is 5.32. The minimum Gasteiger partial charge on any atom is -0.462 e. The molecule has 0 atom stereocenters. The standard InChI is InChI=1S/C21H19N5O4S3/c1-2-30-20(27)15-6-4-3-5-14(15)16-11-31-19(25-16)17-18(22)26-21(32-17)24-12-7-9-13(10-8-12)33(23,28)29/h3-11H,2,22H2,1H3,(H,24,26)(H2,23,28,29). The number of nitrogens with zero attached hydrogens (tertiary/aromatic N) is 2. The SMILES string of the molecule is CCOC(=O)c1ccccc1-c1csc(-c2sc(Nc3ccc(S(N)(=O)=O)cc3)nc2N)n1. The number of sulfonamides is 1. The van der Waals surface area contributed by atoms with Crippen LogP contribution in [0.15, 0.2) is 58.8 Å². The first-order chi connectivity index (χ1) is 15.8. The fraction of sp³-hybridized carbons (Fsp3) is 0.0952. The van der Waals surface area contributed by atoms with Crippen molar-refractivity contribution in [2.45, 2.75) is 11.8 Å². The number of hydrogen-bond donors (Lipinski definition) is 3. The Balaban J connectivity index is 1.59. The molecule has 2 heterocycles. The molecule has 0 bridgehead atoms. The van der Waals surface area contributed by atoms with E-state index in [4.69, 9.17) is 15.6 Å². The third kappa shape index (κ3) is 5.03. The van der Waals surface area contributed by atoms with Gasteiger partial charge in [-0.05, 0) is 37.3 Å². The Bertz CT molecular complexity index is 1410. The average Bonchev–Trinajstić information content (AvgIpc) is 3.40. The Kier molecular flexibility index (Phi) is 6.42. The zero-order valence-corrected chi connectivity index (χ0v) is 19.8. The smallest absolute Gasteiger partial charge is 0.338 e. The molecule has 0 radical (unpaired) electrons. The van der Waals surface area contributed by atoms with Gasteiger partial charge in [0.05, 0.1) is 22.8 Å². The number of primary sulfonamides is 1. The molecular formula is C21H19N5O4S3. The van der Waals surface area contributed by atoms with E-state index in [-0.39, 0.29) is 11.5 Å². The highest BCUT2D eigenvalue weighted by atomic mass is 32.2. The Morgan fingerprint density at radius 2 is 1.85 bits per heavy atom. The van der Waals surface area contributed by atoms with Gasteiger partial charge in [-0.3, -0.25) is 0 Å². The van der Waals surface area contributed by atoms with Gasteiger partial charge in [0.2, 0.25) is 10.0 Å². The maximum atomic E-state index is 12.3. The summed E-state index contributed by atoms with van der Waals surface area (Å²) in [5.41, 5.74) is 8.52. The lowest BCUT2D eigenvalue weighted by Crippen LogP contribution is -2.11. The van der Waals surface area contributed by atoms with E-state index in [2.05, 4.69) is 15.3 Å².